The van der Waals surface area contributed by atoms with Gasteiger partial charge in [0.05, 0.1) is 28.6 Å². The van der Waals surface area contributed by atoms with Gasteiger partial charge in [-0.25, -0.2) is 4.98 Å². The minimum absolute atomic E-state index is 0.0651. The average Bonchev–Trinajstić information content (AvgIpc) is 3.29. The molecule has 0 amide bonds. The molecule has 174 valence electrons. The Kier molecular flexibility index (Phi) is 5.46. The number of hydrogen-bond acceptors (Lipinski definition) is 8. The maximum atomic E-state index is 13.4. The van der Waals surface area contributed by atoms with Gasteiger partial charge in [-0.1, -0.05) is 30.3 Å². The number of benzene rings is 3. The molecule has 0 bridgehead atoms. The van der Waals surface area contributed by atoms with Gasteiger partial charge in [-0.3, -0.25) is 14.9 Å². The predicted octanol–water partition coefficient (Wildman–Crippen LogP) is 4.70. The molecule has 1 N–H and O–H groups in total. The summed E-state index contributed by atoms with van der Waals surface area (Å²) >= 11 is 0. The number of aromatic nitrogens is 2. The van der Waals surface area contributed by atoms with Crippen LogP contribution in [0.5, 0.6) is 11.5 Å². The zero-order chi connectivity index (χ0) is 24.5. The Morgan fingerprint density at radius 3 is 2.71 bits per heavy atom. The Morgan fingerprint density at radius 2 is 1.94 bits per heavy atom. The highest BCUT2D eigenvalue weighted by atomic mass is 16.6. The van der Waals surface area contributed by atoms with Crippen molar-refractivity contribution in [3.63, 3.8) is 0 Å². The summed E-state index contributed by atoms with van der Waals surface area (Å²) in [6.07, 6.45) is 1.26. The maximum absolute atomic E-state index is 13.4. The Morgan fingerprint density at radius 1 is 1.17 bits per heavy atom. The molecule has 35 heavy (non-hydrogen) atoms. The van der Waals surface area contributed by atoms with Crippen molar-refractivity contribution in [1.29, 1.82) is 0 Å². The molecular weight excluding hydrogens is 452 g/mol. The minimum Gasteiger partial charge on any atom is -0.500 e. The summed E-state index contributed by atoms with van der Waals surface area (Å²) in [6, 6.07) is 18.5. The molecule has 10 heteroatoms. The van der Waals surface area contributed by atoms with E-state index < -0.39 is 21.9 Å². The van der Waals surface area contributed by atoms with Crippen molar-refractivity contribution in [3.8, 4) is 23.1 Å². The molecule has 0 atom stereocenters. The Bertz CT molecular complexity index is 1650. The number of ether oxygens (including phenoxy) is 1. The van der Waals surface area contributed by atoms with Gasteiger partial charge in [0.1, 0.15) is 5.58 Å². The molecular formula is C25H18N4O6. The summed E-state index contributed by atoms with van der Waals surface area (Å²) in [5.41, 5.74) is 0.349. The van der Waals surface area contributed by atoms with E-state index in [0.717, 1.165) is 16.1 Å². The average molecular weight is 470 g/mol. The third-order valence-corrected chi connectivity index (χ3v) is 5.30. The first-order valence-corrected chi connectivity index (χ1v) is 10.7. The molecule has 5 rings (SSSR count). The summed E-state index contributed by atoms with van der Waals surface area (Å²) in [5.74, 6) is -0.150. The molecule has 2 heterocycles. The monoisotopic (exact) mass is 470 g/mol. The van der Waals surface area contributed by atoms with Crippen LogP contribution in [0.4, 0.5) is 5.69 Å². The number of nitro groups is 1. The van der Waals surface area contributed by atoms with E-state index in [1.807, 2.05) is 18.2 Å². The van der Waals surface area contributed by atoms with E-state index in [-0.39, 0.29) is 23.7 Å². The van der Waals surface area contributed by atoms with E-state index >= 15 is 0 Å². The molecule has 0 saturated carbocycles. The largest absolute Gasteiger partial charge is 0.500 e. The topological polar surface area (TPSA) is 133 Å². The molecule has 5 aromatic rings. The lowest BCUT2D eigenvalue weighted by Crippen LogP contribution is -2.20. The van der Waals surface area contributed by atoms with Crippen LogP contribution in [0.1, 0.15) is 12.5 Å². The van der Waals surface area contributed by atoms with Crippen molar-refractivity contribution < 1.29 is 19.2 Å². The van der Waals surface area contributed by atoms with Crippen molar-refractivity contribution in [3.05, 3.63) is 92.8 Å². The lowest BCUT2D eigenvalue weighted by molar-refractivity contribution is -0.386. The number of phenolic OH excluding ortho intramolecular Hbond substituents is 1. The standard InChI is InChI=1S/C25H18N4O6/c1-2-34-21-12-15(11-19(23(21)30)29(32)33)14-26-28-24(22-13-16-7-3-6-10-20(16)35-22)27-18-9-5-4-8-17(18)25(28)31/h3-14,30H,2H2,1H3. The third kappa shape index (κ3) is 3.97. The summed E-state index contributed by atoms with van der Waals surface area (Å²) < 4.78 is 12.3. The molecule has 0 aliphatic carbocycles. The second-order valence-corrected chi connectivity index (χ2v) is 7.54. The van der Waals surface area contributed by atoms with Crippen LogP contribution in [0.3, 0.4) is 0 Å². The van der Waals surface area contributed by atoms with E-state index in [2.05, 4.69) is 10.1 Å². The maximum Gasteiger partial charge on any atom is 0.315 e. The molecule has 0 aliphatic rings. The molecule has 10 nitrogen and oxygen atoms in total. The smallest absolute Gasteiger partial charge is 0.315 e. The van der Waals surface area contributed by atoms with Crippen molar-refractivity contribution in [1.82, 2.24) is 9.66 Å². The number of aromatic hydroxyl groups is 1. The van der Waals surface area contributed by atoms with Crippen molar-refractivity contribution in [2.45, 2.75) is 6.92 Å². The fourth-order valence-electron chi connectivity index (χ4n) is 3.70. The fourth-order valence-corrected chi connectivity index (χ4v) is 3.70. The van der Waals surface area contributed by atoms with Crippen LogP contribution in [-0.2, 0) is 0 Å². The van der Waals surface area contributed by atoms with Crippen LogP contribution in [0, 0.1) is 10.1 Å². The van der Waals surface area contributed by atoms with Crippen molar-refractivity contribution in [2.75, 3.05) is 6.61 Å². The van der Waals surface area contributed by atoms with Gasteiger partial charge in [0, 0.05) is 17.0 Å². The van der Waals surface area contributed by atoms with Gasteiger partial charge in [0.25, 0.3) is 5.56 Å². The highest BCUT2D eigenvalue weighted by molar-refractivity contribution is 5.85. The van der Waals surface area contributed by atoms with Crippen LogP contribution >= 0.6 is 0 Å². The fraction of sp³-hybridized carbons (Fsp3) is 0.0800. The molecule has 2 aromatic heterocycles. The summed E-state index contributed by atoms with van der Waals surface area (Å²) in [5, 5.41) is 27.0. The zero-order valence-corrected chi connectivity index (χ0v) is 18.4. The number of hydrogen-bond donors (Lipinski definition) is 1. The normalized spacial score (nSPS) is 11.5. The van der Waals surface area contributed by atoms with E-state index in [9.17, 15) is 20.0 Å². The van der Waals surface area contributed by atoms with Crippen LogP contribution in [-0.4, -0.2) is 32.5 Å². The molecule has 0 fully saturated rings. The van der Waals surface area contributed by atoms with Gasteiger partial charge in [0.15, 0.2) is 11.5 Å². The van der Waals surface area contributed by atoms with Crippen molar-refractivity contribution >= 4 is 33.8 Å². The summed E-state index contributed by atoms with van der Waals surface area (Å²) in [7, 11) is 0. The highest BCUT2D eigenvalue weighted by Crippen LogP contribution is 2.36. The first-order valence-electron chi connectivity index (χ1n) is 10.7. The highest BCUT2D eigenvalue weighted by Gasteiger charge is 2.20. The van der Waals surface area contributed by atoms with Crippen LogP contribution in [0.25, 0.3) is 33.5 Å². The first-order chi connectivity index (χ1) is 17.0. The van der Waals surface area contributed by atoms with E-state index in [4.69, 9.17) is 9.15 Å². The number of nitrogens with zero attached hydrogens (tertiary/aromatic N) is 4. The molecule has 0 radical (unpaired) electrons. The number of fused-ring (bicyclic) bond motifs is 2. The predicted molar refractivity (Wildman–Crippen MR) is 130 cm³/mol. The van der Waals surface area contributed by atoms with Crippen LogP contribution < -0.4 is 10.3 Å². The minimum atomic E-state index is -0.723. The van der Waals surface area contributed by atoms with Gasteiger partial charge in [-0.2, -0.15) is 9.78 Å². The van der Waals surface area contributed by atoms with Gasteiger partial charge in [-0.15, -0.1) is 0 Å². The van der Waals surface area contributed by atoms with Gasteiger partial charge in [0.2, 0.25) is 11.6 Å². The lowest BCUT2D eigenvalue weighted by atomic mass is 10.2. The number of phenols is 1. The van der Waals surface area contributed by atoms with Gasteiger partial charge in [-0.05, 0) is 37.3 Å². The summed E-state index contributed by atoms with van der Waals surface area (Å²) in [6.45, 7) is 1.88. The number of rotatable bonds is 6. The SMILES string of the molecule is CCOc1cc(C=Nn2c(-c3cc4ccccc4o3)nc3ccccc3c2=O)cc([N+](=O)[O-])c1O. The molecule has 0 saturated heterocycles. The van der Waals surface area contributed by atoms with Crippen molar-refractivity contribution in [2.24, 2.45) is 5.10 Å². The zero-order valence-electron chi connectivity index (χ0n) is 18.4. The lowest BCUT2D eigenvalue weighted by Gasteiger charge is -2.08. The number of furan rings is 1. The molecule has 0 spiro atoms. The van der Waals surface area contributed by atoms with E-state index in [1.54, 1.807) is 43.3 Å². The Balaban J connectivity index is 1.70. The quantitative estimate of drug-likeness (QED) is 0.216. The Labute approximate surface area is 197 Å². The van der Waals surface area contributed by atoms with Crippen LogP contribution in [0.2, 0.25) is 0 Å². The Hall–Kier alpha value is -4.99. The summed E-state index contributed by atoms with van der Waals surface area (Å²) in [4.78, 5) is 28.6. The second-order valence-electron chi connectivity index (χ2n) is 7.54. The van der Waals surface area contributed by atoms with Gasteiger partial charge < -0.3 is 14.3 Å². The van der Waals surface area contributed by atoms with E-state index in [0.29, 0.717) is 22.2 Å². The third-order valence-electron chi connectivity index (χ3n) is 5.30. The number of nitro benzene ring substituents is 1. The molecule has 0 aliphatic heterocycles. The van der Waals surface area contributed by atoms with Gasteiger partial charge >= 0.3 is 5.69 Å². The van der Waals surface area contributed by atoms with Crippen LogP contribution in [0.15, 0.2) is 81.0 Å². The molecule has 3 aromatic carbocycles. The van der Waals surface area contributed by atoms with E-state index in [1.165, 1.54) is 12.3 Å². The molecule has 0 unspecified atom stereocenters. The number of para-hydroxylation sites is 2. The second kappa shape index (κ2) is 8.75. The first kappa shape index (κ1) is 21.8.